The van der Waals surface area contributed by atoms with E-state index in [2.05, 4.69) is 10.6 Å². The minimum absolute atomic E-state index is 0.126. The molecule has 114 valence electrons. The van der Waals surface area contributed by atoms with Gasteiger partial charge in [-0.1, -0.05) is 23.7 Å². The van der Waals surface area contributed by atoms with Gasteiger partial charge in [-0.2, -0.15) is 0 Å². The number of thiophene rings is 1. The number of rotatable bonds is 5. The van der Waals surface area contributed by atoms with Crippen LogP contribution in [-0.2, 0) is 16.1 Å². The van der Waals surface area contributed by atoms with Crippen LogP contribution in [0.15, 0.2) is 42.5 Å². The Morgan fingerprint density at radius 1 is 1.27 bits per heavy atom. The summed E-state index contributed by atoms with van der Waals surface area (Å²) in [5.74, 6) is -0.312. The van der Waals surface area contributed by atoms with Crippen molar-refractivity contribution in [3.63, 3.8) is 0 Å². The largest absolute Gasteiger partial charge is 0.348 e. The van der Waals surface area contributed by atoms with Gasteiger partial charge in [-0.05, 0) is 35.9 Å². The van der Waals surface area contributed by atoms with E-state index in [0.717, 1.165) is 10.4 Å². The highest BCUT2D eigenvalue weighted by atomic mass is 35.5. The third-order valence-electron chi connectivity index (χ3n) is 2.71. The lowest BCUT2D eigenvalue weighted by atomic mass is 10.2. The number of hydrogen-bond acceptors (Lipinski definition) is 3. The third-order valence-corrected chi connectivity index (χ3v) is 3.90. The van der Waals surface area contributed by atoms with Crippen LogP contribution in [0.5, 0.6) is 0 Å². The van der Waals surface area contributed by atoms with E-state index in [1.54, 1.807) is 18.2 Å². The minimum atomic E-state index is -0.186. The number of carbonyl (C=O) groups excluding carboxylic acids is 2. The van der Waals surface area contributed by atoms with Crippen LogP contribution in [0.4, 0.5) is 5.69 Å². The zero-order chi connectivity index (χ0) is 15.9. The molecule has 0 aliphatic rings. The van der Waals surface area contributed by atoms with Crippen molar-refractivity contribution in [1.82, 2.24) is 5.32 Å². The molecule has 1 aromatic heterocycles. The van der Waals surface area contributed by atoms with E-state index in [0.29, 0.717) is 16.6 Å². The zero-order valence-electron chi connectivity index (χ0n) is 11.9. The zero-order valence-corrected chi connectivity index (χ0v) is 13.5. The predicted molar refractivity (Wildman–Crippen MR) is 91.0 cm³/mol. The molecule has 4 nitrogen and oxygen atoms in total. The van der Waals surface area contributed by atoms with Crippen LogP contribution in [-0.4, -0.2) is 11.8 Å². The minimum Gasteiger partial charge on any atom is -0.348 e. The standard InChI is InChI=1S/C16H15ClN2O2S/c1-11(20)19-13-4-2-3-12(9-13)10-18-16(21)8-6-14-5-7-15(17)22-14/h2-9H,10H2,1H3,(H,18,21)(H,19,20). The first-order valence-corrected chi connectivity index (χ1v) is 7.80. The number of hydrogen-bond donors (Lipinski definition) is 2. The van der Waals surface area contributed by atoms with Gasteiger partial charge in [0.25, 0.3) is 0 Å². The maximum atomic E-state index is 11.8. The summed E-state index contributed by atoms with van der Waals surface area (Å²) in [4.78, 5) is 23.7. The summed E-state index contributed by atoms with van der Waals surface area (Å²) in [6.07, 6.45) is 3.19. The summed E-state index contributed by atoms with van der Waals surface area (Å²) in [6.45, 7) is 1.85. The fourth-order valence-electron chi connectivity index (χ4n) is 1.79. The second kappa shape index (κ2) is 7.77. The molecule has 2 aromatic rings. The molecule has 2 rings (SSSR count). The van der Waals surface area contributed by atoms with E-state index in [-0.39, 0.29) is 11.8 Å². The maximum absolute atomic E-state index is 11.8. The lowest BCUT2D eigenvalue weighted by Gasteiger charge is -2.06. The Labute approximate surface area is 137 Å². The molecule has 22 heavy (non-hydrogen) atoms. The van der Waals surface area contributed by atoms with E-state index in [4.69, 9.17) is 11.6 Å². The van der Waals surface area contributed by atoms with Gasteiger partial charge in [0, 0.05) is 30.1 Å². The summed E-state index contributed by atoms with van der Waals surface area (Å²) in [5, 5.41) is 5.49. The Kier molecular flexibility index (Phi) is 5.75. The Morgan fingerprint density at radius 2 is 2.09 bits per heavy atom. The number of benzene rings is 1. The lowest BCUT2D eigenvalue weighted by Crippen LogP contribution is -2.20. The monoisotopic (exact) mass is 334 g/mol. The molecule has 0 bridgehead atoms. The second-order valence-corrected chi connectivity index (χ2v) is 6.32. The molecule has 1 aromatic carbocycles. The molecule has 2 amide bonds. The van der Waals surface area contributed by atoms with Gasteiger partial charge in [-0.15, -0.1) is 11.3 Å². The van der Waals surface area contributed by atoms with Crippen molar-refractivity contribution in [2.75, 3.05) is 5.32 Å². The first kappa shape index (κ1) is 16.3. The molecule has 0 spiro atoms. The van der Waals surface area contributed by atoms with Crippen molar-refractivity contribution in [1.29, 1.82) is 0 Å². The topological polar surface area (TPSA) is 58.2 Å². The van der Waals surface area contributed by atoms with Gasteiger partial charge in [-0.25, -0.2) is 0 Å². The fourth-order valence-corrected chi connectivity index (χ4v) is 2.75. The molecule has 0 fully saturated rings. The van der Waals surface area contributed by atoms with Gasteiger partial charge in [-0.3, -0.25) is 9.59 Å². The summed E-state index contributed by atoms with van der Waals surface area (Å²) >= 11 is 7.23. The van der Waals surface area contributed by atoms with E-state index in [1.807, 2.05) is 24.3 Å². The van der Waals surface area contributed by atoms with Gasteiger partial charge >= 0.3 is 0 Å². The molecule has 0 aliphatic heterocycles. The van der Waals surface area contributed by atoms with Crippen LogP contribution in [0, 0.1) is 0 Å². The number of nitrogens with one attached hydrogen (secondary N) is 2. The van der Waals surface area contributed by atoms with Crippen LogP contribution in [0.1, 0.15) is 17.4 Å². The average molecular weight is 335 g/mol. The highest BCUT2D eigenvalue weighted by molar-refractivity contribution is 7.17. The number of anilines is 1. The van der Waals surface area contributed by atoms with Gasteiger partial charge in [0.15, 0.2) is 0 Å². The van der Waals surface area contributed by atoms with E-state index >= 15 is 0 Å². The summed E-state index contributed by atoms with van der Waals surface area (Å²) in [5.41, 5.74) is 1.62. The molecule has 0 aliphatic carbocycles. The van der Waals surface area contributed by atoms with Crippen molar-refractivity contribution in [3.8, 4) is 0 Å². The molecule has 0 saturated carbocycles. The maximum Gasteiger partial charge on any atom is 0.244 e. The molecule has 1 heterocycles. The molecular weight excluding hydrogens is 320 g/mol. The number of halogens is 1. The molecule has 0 radical (unpaired) electrons. The highest BCUT2D eigenvalue weighted by Crippen LogP contribution is 2.22. The quantitative estimate of drug-likeness (QED) is 0.819. The van der Waals surface area contributed by atoms with E-state index in [1.165, 1.54) is 24.3 Å². The Bertz CT molecular complexity index is 710. The number of carbonyl (C=O) groups is 2. The summed E-state index contributed by atoms with van der Waals surface area (Å²) in [7, 11) is 0. The Morgan fingerprint density at radius 3 is 2.77 bits per heavy atom. The smallest absolute Gasteiger partial charge is 0.244 e. The first-order chi connectivity index (χ1) is 10.5. The van der Waals surface area contributed by atoms with Crippen molar-refractivity contribution in [2.45, 2.75) is 13.5 Å². The van der Waals surface area contributed by atoms with Gasteiger partial charge in [0.2, 0.25) is 11.8 Å². The van der Waals surface area contributed by atoms with Gasteiger partial charge < -0.3 is 10.6 Å². The predicted octanol–water partition coefficient (Wildman–Crippen LogP) is 3.69. The molecule has 0 atom stereocenters. The van der Waals surface area contributed by atoms with Gasteiger partial charge in [0.1, 0.15) is 0 Å². The van der Waals surface area contributed by atoms with Crippen molar-refractivity contribution >= 4 is 46.5 Å². The van der Waals surface area contributed by atoms with E-state index in [9.17, 15) is 9.59 Å². The Balaban J connectivity index is 1.88. The van der Waals surface area contributed by atoms with Crippen LogP contribution in [0.25, 0.3) is 6.08 Å². The Hall–Kier alpha value is -2.11. The summed E-state index contributed by atoms with van der Waals surface area (Å²) in [6, 6.07) is 11.0. The first-order valence-electron chi connectivity index (χ1n) is 6.61. The van der Waals surface area contributed by atoms with Crippen LogP contribution in [0.2, 0.25) is 4.34 Å². The molecule has 0 saturated heterocycles. The molecule has 0 unspecified atom stereocenters. The third kappa shape index (κ3) is 5.35. The SMILES string of the molecule is CC(=O)Nc1cccc(CNC(=O)C=Cc2ccc(Cl)s2)c1. The summed E-state index contributed by atoms with van der Waals surface area (Å²) < 4.78 is 0.690. The van der Waals surface area contributed by atoms with Crippen molar-refractivity contribution in [3.05, 3.63) is 57.3 Å². The van der Waals surface area contributed by atoms with Crippen molar-refractivity contribution in [2.24, 2.45) is 0 Å². The molecular formula is C16H15ClN2O2S. The van der Waals surface area contributed by atoms with Crippen LogP contribution >= 0.6 is 22.9 Å². The van der Waals surface area contributed by atoms with Crippen molar-refractivity contribution < 1.29 is 9.59 Å². The fraction of sp³-hybridized carbons (Fsp3) is 0.125. The van der Waals surface area contributed by atoms with Crippen LogP contribution in [0.3, 0.4) is 0 Å². The van der Waals surface area contributed by atoms with E-state index < -0.39 is 0 Å². The number of amides is 2. The molecule has 2 N–H and O–H groups in total. The molecule has 6 heteroatoms. The highest BCUT2D eigenvalue weighted by Gasteiger charge is 2.00. The average Bonchev–Trinajstić information content (AvgIpc) is 2.88. The second-order valence-electron chi connectivity index (χ2n) is 4.57. The van der Waals surface area contributed by atoms with Gasteiger partial charge in [0.05, 0.1) is 4.34 Å². The lowest BCUT2D eigenvalue weighted by molar-refractivity contribution is -0.116. The normalized spacial score (nSPS) is 10.6. The van der Waals surface area contributed by atoms with Crippen LogP contribution < -0.4 is 10.6 Å².